The van der Waals surface area contributed by atoms with E-state index < -0.39 is 0 Å². The number of H-pyrrole nitrogens is 1. The minimum absolute atomic E-state index is 0.0289. The van der Waals surface area contributed by atoms with Crippen molar-refractivity contribution in [2.75, 3.05) is 6.54 Å². The van der Waals surface area contributed by atoms with E-state index in [4.69, 9.17) is 4.42 Å². The smallest absolute Gasteiger partial charge is 0.253 e. The topological polar surface area (TPSA) is 58.0 Å². The zero-order chi connectivity index (χ0) is 16.5. The van der Waals surface area contributed by atoms with Crippen molar-refractivity contribution in [2.45, 2.75) is 32.6 Å². The Kier molecular flexibility index (Phi) is 3.89. The third kappa shape index (κ3) is 2.73. The Morgan fingerprint density at radius 2 is 2.25 bits per heavy atom. The molecule has 3 aromatic rings. The molecule has 0 saturated heterocycles. The first-order valence-electron chi connectivity index (χ1n) is 8.65. The zero-order valence-corrected chi connectivity index (χ0v) is 13.9. The molecule has 124 valence electrons. The number of amides is 1. The third-order valence-electron chi connectivity index (χ3n) is 4.95. The van der Waals surface area contributed by atoms with Gasteiger partial charge in [0.15, 0.2) is 0 Å². The number of carbonyl (C=O) groups is 1. The molecule has 2 aromatic heterocycles. The van der Waals surface area contributed by atoms with Crippen LogP contribution in [0.2, 0.25) is 0 Å². The summed E-state index contributed by atoms with van der Waals surface area (Å²) >= 11 is 0. The summed E-state index contributed by atoms with van der Waals surface area (Å²) < 4.78 is 5.30. The Bertz CT molecular complexity index is 861. The molecule has 2 heterocycles. The normalized spacial score (nSPS) is 17.0. The second-order valence-electron chi connectivity index (χ2n) is 6.74. The van der Waals surface area contributed by atoms with Gasteiger partial charge in [0.2, 0.25) is 0 Å². The Labute approximate surface area is 141 Å². The summed E-state index contributed by atoms with van der Waals surface area (Å²) in [4.78, 5) is 16.1. The molecular weight excluding hydrogens is 300 g/mol. The molecule has 0 radical (unpaired) electrons. The van der Waals surface area contributed by atoms with E-state index >= 15 is 0 Å². The molecule has 0 saturated carbocycles. The van der Waals surface area contributed by atoms with Gasteiger partial charge in [-0.15, -0.1) is 0 Å². The maximum atomic E-state index is 12.6. The van der Waals surface area contributed by atoms with Crippen LogP contribution in [-0.2, 0) is 19.3 Å². The fourth-order valence-corrected chi connectivity index (χ4v) is 3.65. The molecule has 4 nitrogen and oxygen atoms in total. The standard InChI is InChI=1S/C20H22N2O2/c1-13-7-8-18-17(12-13)15-5-2-6-16(19(15)22-18)20(23)21-10-9-14-4-3-11-24-14/h2-6,11,13,22H,7-10,12H2,1H3,(H,21,23). The molecule has 1 aromatic carbocycles. The number of aromatic amines is 1. The van der Waals surface area contributed by atoms with Gasteiger partial charge in [0.05, 0.1) is 17.3 Å². The van der Waals surface area contributed by atoms with Gasteiger partial charge >= 0.3 is 0 Å². The van der Waals surface area contributed by atoms with Crippen LogP contribution in [0.4, 0.5) is 0 Å². The van der Waals surface area contributed by atoms with Crippen LogP contribution in [0, 0.1) is 5.92 Å². The highest BCUT2D eigenvalue weighted by atomic mass is 16.3. The molecule has 24 heavy (non-hydrogen) atoms. The van der Waals surface area contributed by atoms with Gasteiger partial charge in [0.1, 0.15) is 5.76 Å². The van der Waals surface area contributed by atoms with Crippen LogP contribution >= 0.6 is 0 Å². The van der Waals surface area contributed by atoms with Crippen molar-refractivity contribution in [1.82, 2.24) is 10.3 Å². The SMILES string of the molecule is CC1CCc2[nH]c3c(C(=O)NCCc4ccco4)cccc3c2C1. The zero-order valence-electron chi connectivity index (χ0n) is 13.9. The fraction of sp³-hybridized carbons (Fsp3) is 0.350. The molecule has 1 aliphatic carbocycles. The first-order valence-corrected chi connectivity index (χ1v) is 8.65. The van der Waals surface area contributed by atoms with Gasteiger partial charge in [-0.2, -0.15) is 0 Å². The van der Waals surface area contributed by atoms with E-state index in [1.807, 2.05) is 24.3 Å². The van der Waals surface area contributed by atoms with Gasteiger partial charge in [-0.1, -0.05) is 19.1 Å². The predicted molar refractivity (Wildman–Crippen MR) is 94.2 cm³/mol. The molecule has 0 aliphatic heterocycles. The van der Waals surface area contributed by atoms with E-state index in [0.717, 1.165) is 29.7 Å². The van der Waals surface area contributed by atoms with Crippen molar-refractivity contribution in [3.05, 3.63) is 59.2 Å². The van der Waals surface area contributed by atoms with Gasteiger partial charge in [-0.05, 0) is 48.9 Å². The number of para-hydroxylation sites is 1. The summed E-state index contributed by atoms with van der Waals surface area (Å²) in [6.45, 7) is 2.87. The summed E-state index contributed by atoms with van der Waals surface area (Å²) in [5.74, 6) is 1.57. The van der Waals surface area contributed by atoms with E-state index in [1.54, 1.807) is 6.26 Å². The maximum absolute atomic E-state index is 12.6. The minimum atomic E-state index is -0.0289. The fourth-order valence-electron chi connectivity index (χ4n) is 3.65. The minimum Gasteiger partial charge on any atom is -0.469 e. The average Bonchev–Trinajstić information content (AvgIpc) is 3.21. The van der Waals surface area contributed by atoms with Crippen molar-refractivity contribution in [3.8, 4) is 0 Å². The molecule has 1 amide bonds. The predicted octanol–water partition coefficient (Wildman–Crippen LogP) is 3.86. The Hall–Kier alpha value is -2.49. The molecule has 4 rings (SSSR count). The number of aromatic nitrogens is 1. The first kappa shape index (κ1) is 15.1. The molecule has 0 spiro atoms. The van der Waals surface area contributed by atoms with Crippen LogP contribution < -0.4 is 5.32 Å². The number of furan rings is 1. The van der Waals surface area contributed by atoms with Gasteiger partial charge < -0.3 is 14.7 Å². The Morgan fingerprint density at radius 1 is 1.33 bits per heavy atom. The number of carbonyl (C=O) groups excluding carboxylic acids is 1. The lowest BCUT2D eigenvalue weighted by atomic mass is 9.87. The number of benzene rings is 1. The summed E-state index contributed by atoms with van der Waals surface area (Å²) in [5.41, 5.74) is 4.41. The van der Waals surface area contributed by atoms with Crippen LogP contribution in [0.3, 0.4) is 0 Å². The van der Waals surface area contributed by atoms with Crippen LogP contribution in [-0.4, -0.2) is 17.4 Å². The van der Waals surface area contributed by atoms with E-state index in [-0.39, 0.29) is 5.91 Å². The quantitative estimate of drug-likeness (QED) is 0.766. The molecule has 0 bridgehead atoms. The van der Waals surface area contributed by atoms with Gasteiger partial charge in [0, 0.05) is 24.0 Å². The monoisotopic (exact) mass is 322 g/mol. The summed E-state index contributed by atoms with van der Waals surface area (Å²) in [7, 11) is 0. The highest BCUT2D eigenvalue weighted by Crippen LogP contribution is 2.32. The number of hydrogen-bond acceptors (Lipinski definition) is 2. The molecule has 1 atom stereocenters. The Morgan fingerprint density at radius 3 is 3.08 bits per heavy atom. The summed E-state index contributed by atoms with van der Waals surface area (Å²) in [6, 6.07) is 9.80. The molecule has 4 heteroatoms. The van der Waals surface area contributed by atoms with Crippen LogP contribution in [0.25, 0.3) is 10.9 Å². The number of fused-ring (bicyclic) bond motifs is 3. The van der Waals surface area contributed by atoms with Crippen LogP contribution in [0.5, 0.6) is 0 Å². The van der Waals surface area contributed by atoms with E-state index in [9.17, 15) is 4.79 Å². The number of nitrogens with one attached hydrogen (secondary N) is 2. The molecule has 1 aliphatic rings. The van der Waals surface area contributed by atoms with Crippen molar-refractivity contribution in [3.63, 3.8) is 0 Å². The lowest BCUT2D eigenvalue weighted by molar-refractivity contribution is 0.0955. The largest absolute Gasteiger partial charge is 0.469 e. The number of rotatable bonds is 4. The lowest BCUT2D eigenvalue weighted by Crippen LogP contribution is -2.25. The molecule has 1 unspecified atom stereocenters. The maximum Gasteiger partial charge on any atom is 0.253 e. The number of hydrogen-bond donors (Lipinski definition) is 2. The number of aryl methyl sites for hydroxylation is 1. The third-order valence-corrected chi connectivity index (χ3v) is 4.95. The Balaban J connectivity index is 1.56. The second-order valence-corrected chi connectivity index (χ2v) is 6.74. The van der Waals surface area contributed by atoms with Crippen LogP contribution in [0.15, 0.2) is 41.0 Å². The van der Waals surface area contributed by atoms with Gasteiger partial charge in [-0.3, -0.25) is 4.79 Å². The first-order chi connectivity index (χ1) is 11.7. The van der Waals surface area contributed by atoms with E-state index in [1.165, 1.54) is 23.1 Å². The van der Waals surface area contributed by atoms with Crippen molar-refractivity contribution < 1.29 is 9.21 Å². The summed E-state index contributed by atoms with van der Waals surface area (Å²) in [5, 5.41) is 4.20. The van der Waals surface area contributed by atoms with Crippen molar-refractivity contribution in [2.24, 2.45) is 5.92 Å². The molecular formula is C20H22N2O2. The van der Waals surface area contributed by atoms with Crippen LogP contribution in [0.1, 0.15) is 40.7 Å². The highest BCUT2D eigenvalue weighted by Gasteiger charge is 2.22. The van der Waals surface area contributed by atoms with E-state index in [0.29, 0.717) is 18.9 Å². The van der Waals surface area contributed by atoms with E-state index in [2.05, 4.69) is 23.3 Å². The van der Waals surface area contributed by atoms with Gasteiger partial charge in [0.25, 0.3) is 5.91 Å². The second kappa shape index (κ2) is 6.19. The van der Waals surface area contributed by atoms with Gasteiger partial charge in [-0.25, -0.2) is 0 Å². The molecule has 0 fully saturated rings. The highest BCUT2D eigenvalue weighted by molar-refractivity contribution is 6.06. The average molecular weight is 322 g/mol. The van der Waals surface area contributed by atoms with Crippen molar-refractivity contribution in [1.29, 1.82) is 0 Å². The molecule has 2 N–H and O–H groups in total. The van der Waals surface area contributed by atoms with Crippen molar-refractivity contribution >= 4 is 16.8 Å². The summed E-state index contributed by atoms with van der Waals surface area (Å²) in [6.07, 6.45) is 5.74. The lowest BCUT2D eigenvalue weighted by Gasteiger charge is -2.17.